The summed E-state index contributed by atoms with van der Waals surface area (Å²) in [6, 6.07) is 0. The minimum absolute atomic E-state index is 0.00167. The fourth-order valence-corrected chi connectivity index (χ4v) is 1.60. The standard InChI is InChI=1S/C13H27N3O2/c1-9(2)7-11(8-14)13(18)16-6-5-15-12(17)10(3)4/h9-11H,5-8,14H2,1-4H3,(H,15,17)(H,16,18). The van der Waals surface area contributed by atoms with E-state index in [9.17, 15) is 9.59 Å². The molecule has 0 spiro atoms. The van der Waals surface area contributed by atoms with Gasteiger partial charge in [0.15, 0.2) is 0 Å². The van der Waals surface area contributed by atoms with Gasteiger partial charge in [0, 0.05) is 25.6 Å². The van der Waals surface area contributed by atoms with E-state index in [1.807, 2.05) is 13.8 Å². The molecular formula is C13H27N3O2. The van der Waals surface area contributed by atoms with Crippen molar-refractivity contribution in [2.24, 2.45) is 23.5 Å². The summed E-state index contributed by atoms with van der Waals surface area (Å²) in [4.78, 5) is 23.1. The number of amides is 2. The van der Waals surface area contributed by atoms with Crippen molar-refractivity contribution in [2.45, 2.75) is 34.1 Å². The van der Waals surface area contributed by atoms with Gasteiger partial charge in [-0.05, 0) is 12.3 Å². The van der Waals surface area contributed by atoms with E-state index in [0.29, 0.717) is 25.6 Å². The van der Waals surface area contributed by atoms with Crippen molar-refractivity contribution in [3.63, 3.8) is 0 Å². The summed E-state index contributed by atoms with van der Waals surface area (Å²) in [5, 5.41) is 5.55. The lowest BCUT2D eigenvalue weighted by atomic mass is 9.96. The van der Waals surface area contributed by atoms with E-state index in [1.165, 1.54) is 0 Å². The Balaban J connectivity index is 3.84. The van der Waals surface area contributed by atoms with Crippen molar-refractivity contribution < 1.29 is 9.59 Å². The number of nitrogens with two attached hydrogens (primary N) is 1. The molecule has 106 valence electrons. The summed E-state index contributed by atoms with van der Waals surface area (Å²) in [5.74, 6) is 0.265. The minimum atomic E-state index is -0.134. The maximum Gasteiger partial charge on any atom is 0.224 e. The smallest absolute Gasteiger partial charge is 0.224 e. The number of carbonyl (C=O) groups excluding carboxylic acids is 2. The highest BCUT2D eigenvalue weighted by Crippen LogP contribution is 2.10. The molecule has 2 amide bonds. The second kappa shape index (κ2) is 8.91. The molecule has 0 rings (SSSR count). The van der Waals surface area contributed by atoms with E-state index >= 15 is 0 Å². The third kappa shape index (κ3) is 7.27. The molecule has 5 nitrogen and oxygen atoms in total. The molecule has 0 aromatic rings. The molecule has 0 aliphatic rings. The molecule has 5 heteroatoms. The molecule has 1 atom stereocenters. The Hall–Kier alpha value is -1.10. The van der Waals surface area contributed by atoms with Crippen LogP contribution < -0.4 is 16.4 Å². The Morgan fingerprint density at radius 1 is 1.00 bits per heavy atom. The lowest BCUT2D eigenvalue weighted by molar-refractivity contribution is -0.126. The first-order chi connectivity index (χ1) is 8.38. The molecule has 0 aromatic heterocycles. The fraction of sp³-hybridized carbons (Fsp3) is 0.846. The molecule has 0 aliphatic carbocycles. The van der Waals surface area contributed by atoms with E-state index in [-0.39, 0.29) is 23.7 Å². The highest BCUT2D eigenvalue weighted by molar-refractivity contribution is 5.79. The van der Waals surface area contributed by atoms with E-state index in [0.717, 1.165) is 6.42 Å². The van der Waals surface area contributed by atoms with Crippen molar-refractivity contribution in [1.29, 1.82) is 0 Å². The first-order valence-corrected chi connectivity index (χ1v) is 6.64. The highest BCUT2D eigenvalue weighted by Gasteiger charge is 2.17. The Kier molecular flexibility index (Phi) is 8.37. The monoisotopic (exact) mass is 257 g/mol. The molecule has 0 fully saturated rings. The molecule has 18 heavy (non-hydrogen) atoms. The van der Waals surface area contributed by atoms with Gasteiger partial charge < -0.3 is 16.4 Å². The molecule has 0 aliphatic heterocycles. The molecule has 0 saturated heterocycles. The van der Waals surface area contributed by atoms with E-state index in [4.69, 9.17) is 5.73 Å². The first kappa shape index (κ1) is 16.9. The minimum Gasteiger partial charge on any atom is -0.354 e. The van der Waals surface area contributed by atoms with Crippen molar-refractivity contribution in [2.75, 3.05) is 19.6 Å². The van der Waals surface area contributed by atoms with Gasteiger partial charge in [0.2, 0.25) is 11.8 Å². The maximum atomic E-state index is 11.8. The van der Waals surface area contributed by atoms with Crippen LogP contribution in [-0.2, 0) is 9.59 Å². The Morgan fingerprint density at radius 2 is 1.50 bits per heavy atom. The maximum absolute atomic E-state index is 11.8. The number of hydrogen-bond acceptors (Lipinski definition) is 3. The summed E-state index contributed by atoms with van der Waals surface area (Å²) in [6.07, 6.45) is 0.792. The molecule has 0 aromatic carbocycles. The van der Waals surface area contributed by atoms with Gasteiger partial charge in [0.05, 0.1) is 5.92 Å². The summed E-state index contributed by atoms with van der Waals surface area (Å²) in [7, 11) is 0. The third-order valence-corrected chi connectivity index (χ3v) is 2.66. The zero-order chi connectivity index (χ0) is 14.1. The van der Waals surface area contributed by atoms with Crippen LogP contribution in [0, 0.1) is 17.8 Å². The Labute approximate surface area is 110 Å². The van der Waals surface area contributed by atoms with Gasteiger partial charge in [-0.2, -0.15) is 0 Å². The first-order valence-electron chi connectivity index (χ1n) is 6.64. The van der Waals surface area contributed by atoms with Gasteiger partial charge in [0.1, 0.15) is 0 Å². The molecule has 0 radical (unpaired) electrons. The van der Waals surface area contributed by atoms with Crippen LogP contribution in [0.3, 0.4) is 0 Å². The molecule has 0 saturated carbocycles. The van der Waals surface area contributed by atoms with Crippen LogP contribution in [0.25, 0.3) is 0 Å². The number of hydrogen-bond donors (Lipinski definition) is 3. The van der Waals surface area contributed by atoms with Crippen LogP contribution >= 0.6 is 0 Å². The zero-order valence-electron chi connectivity index (χ0n) is 12.0. The zero-order valence-corrected chi connectivity index (χ0v) is 12.0. The third-order valence-electron chi connectivity index (χ3n) is 2.66. The van der Waals surface area contributed by atoms with Gasteiger partial charge in [-0.3, -0.25) is 9.59 Å². The topological polar surface area (TPSA) is 84.2 Å². The summed E-state index contributed by atoms with van der Waals surface area (Å²) < 4.78 is 0. The number of rotatable bonds is 8. The van der Waals surface area contributed by atoms with Crippen LogP contribution in [0.4, 0.5) is 0 Å². The quantitative estimate of drug-likeness (QED) is 0.553. The predicted octanol–water partition coefficient (Wildman–Crippen LogP) is 0.496. The van der Waals surface area contributed by atoms with Gasteiger partial charge in [-0.15, -0.1) is 0 Å². The molecular weight excluding hydrogens is 230 g/mol. The van der Waals surface area contributed by atoms with Crippen LogP contribution in [0.2, 0.25) is 0 Å². The number of nitrogens with one attached hydrogen (secondary N) is 2. The predicted molar refractivity (Wildman–Crippen MR) is 72.9 cm³/mol. The lowest BCUT2D eigenvalue weighted by Gasteiger charge is -2.17. The van der Waals surface area contributed by atoms with Gasteiger partial charge >= 0.3 is 0 Å². The van der Waals surface area contributed by atoms with Crippen LogP contribution in [0.15, 0.2) is 0 Å². The Morgan fingerprint density at radius 3 is 1.89 bits per heavy atom. The van der Waals surface area contributed by atoms with E-state index < -0.39 is 0 Å². The van der Waals surface area contributed by atoms with Crippen molar-refractivity contribution in [3.8, 4) is 0 Å². The highest BCUT2D eigenvalue weighted by atomic mass is 16.2. The second-order valence-corrected chi connectivity index (χ2v) is 5.30. The molecule has 0 heterocycles. The van der Waals surface area contributed by atoms with Gasteiger partial charge in [-0.1, -0.05) is 27.7 Å². The molecule has 4 N–H and O–H groups in total. The van der Waals surface area contributed by atoms with Crippen molar-refractivity contribution >= 4 is 11.8 Å². The summed E-state index contributed by atoms with van der Waals surface area (Å²) >= 11 is 0. The van der Waals surface area contributed by atoms with Gasteiger partial charge in [0.25, 0.3) is 0 Å². The van der Waals surface area contributed by atoms with Crippen molar-refractivity contribution in [3.05, 3.63) is 0 Å². The van der Waals surface area contributed by atoms with Crippen molar-refractivity contribution in [1.82, 2.24) is 10.6 Å². The SMILES string of the molecule is CC(C)CC(CN)C(=O)NCCNC(=O)C(C)C. The van der Waals surface area contributed by atoms with E-state index in [1.54, 1.807) is 0 Å². The molecule has 1 unspecified atom stereocenters. The van der Waals surface area contributed by atoms with Gasteiger partial charge in [-0.25, -0.2) is 0 Å². The molecule has 0 bridgehead atoms. The van der Waals surface area contributed by atoms with Crippen LogP contribution in [0.5, 0.6) is 0 Å². The number of carbonyl (C=O) groups is 2. The summed E-state index contributed by atoms with van der Waals surface area (Å²) in [5.41, 5.74) is 5.58. The van der Waals surface area contributed by atoms with E-state index in [2.05, 4.69) is 24.5 Å². The summed E-state index contributed by atoms with van der Waals surface area (Å²) in [6.45, 7) is 9.08. The lowest BCUT2D eigenvalue weighted by Crippen LogP contribution is -2.40. The van der Waals surface area contributed by atoms with Crippen LogP contribution in [0.1, 0.15) is 34.1 Å². The Bertz CT molecular complexity index is 265. The largest absolute Gasteiger partial charge is 0.354 e. The van der Waals surface area contributed by atoms with Crippen LogP contribution in [-0.4, -0.2) is 31.4 Å². The average Bonchev–Trinajstić information content (AvgIpc) is 2.30. The fourth-order valence-electron chi connectivity index (χ4n) is 1.60. The average molecular weight is 257 g/mol. The normalized spacial score (nSPS) is 12.6. The second-order valence-electron chi connectivity index (χ2n) is 5.30.